The fraction of sp³-hybridized carbons (Fsp3) is 0.100. The predicted molar refractivity (Wildman–Crippen MR) is 224 cm³/mol. The molecule has 0 saturated heterocycles. The lowest BCUT2D eigenvalue weighted by molar-refractivity contribution is 0.643. The van der Waals surface area contributed by atoms with Gasteiger partial charge in [0.1, 0.15) is 0 Å². The van der Waals surface area contributed by atoms with Crippen LogP contribution in [0.2, 0.25) is 0 Å². The minimum Gasteiger partial charge on any atom is -0.208 e. The van der Waals surface area contributed by atoms with E-state index in [1.54, 1.807) is 0 Å². The Bertz CT molecular complexity index is 2890. The standard InChI is InChI=1S/C50H35N3S/c1-50(2)43-23-12-11-20-36(43)37-26-25-35-33-18-9-10-19-34(33)40(29-42(35)45(37)50)32-24-27-44-41(28-32)38-21-13-22-39(46(38)54-44)49-52-47(30-14-5-3-6-15-30)51-48(53-49)31-16-7-4-8-17-31/h3-28,40H,29H2,1-2H3. The van der Waals surface area contributed by atoms with E-state index in [9.17, 15) is 0 Å². The number of benzene rings is 7. The Morgan fingerprint density at radius 1 is 0.519 bits per heavy atom. The van der Waals surface area contributed by atoms with Crippen LogP contribution < -0.4 is 0 Å². The molecule has 3 nitrogen and oxygen atoms in total. The molecular weight excluding hydrogens is 675 g/mol. The molecule has 7 aromatic carbocycles. The Hall–Kier alpha value is -6.23. The van der Waals surface area contributed by atoms with E-state index >= 15 is 0 Å². The highest BCUT2D eigenvalue weighted by atomic mass is 32.1. The largest absolute Gasteiger partial charge is 0.208 e. The average molecular weight is 710 g/mol. The van der Waals surface area contributed by atoms with Crippen molar-refractivity contribution in [1.82, 2.24) is 15.0 Å². The Kier molecular flexibility index (Phi) is 6.90. The van der Waals surface area contributed by atoms with Crippen molar-refractivity contribution in [3.05, 3.63) is 186 Å². The van der Waals surface area contributed by atoms with E-state index in [2.05, 4.69) is 135 Å². The van der Waals surface area contributed by atoms with E-state index in [0.29, 0.717) is 17.5 Å². The first-order chi connectivity index (χ1) is 26.5. The Labute approximate surface area is 318 Å². The van der Waals surface area contributed by atoms with Gasteiger partial charge in [0.05, 0.1) is 0 Å². The number of fused-ring (bicyclic) bond motifs is 10. The average Bonchev–Trinajstić information content (AvgIpc) is 3.72. The fourth-order valence-electron chi connectivity index (χ4n) is 9.24. The van der Waals surface area contributed by atoms with Gasteiger partial charge in [0.15, 0.2) is 17.5 Å². The number of aromatic nitrogens is 3. The van der Waals surface area contributed by atoms with Crippen LogP contribution in [0.5, 0.6) is 0 Å². The number of rotatable bonds is 4. The van der Waals surface area contributed by atoms with Crippen molar-refractivity contribution >= 4 is 31.5 Å². The third-order valence-electron chi connectivity index (χ3n) is 11.7. The zero-order valence-corrected chi connectivity index (χ0v) is 30.9. The summed E-state index contributed by atoms with van der Waals surface area (Å²) in [4.78, 5) is 15.1. The first kappa shape index (κ1) is 31.3. The predicted octanol–water partition coefficient (Wildman–Crippen LogP) is 12.9. The number of thiophene rings is 1. The van der Waals surface area contributed by atoms with Crippen LogP contribution in [0, 0.1) is 0 Å². The van der Waals surface area contributed by atoms with Gasteiger partial charge in [-0.1, -0.05) is 153 Å². The minimum atomic E-state index is -0.0617. The van der Waals surface area contributed by atoms with Gasteiger partial charge in [0, 0.05) is 48.2 Å². The molecule has 54 heavy (non-hydrogen) atoms. The van der Waals surface area contributed by atoms with E-state index < -0.39 is 0 Å². The molecule has 4 heteroatoms. The lowest BCUT2D eigenvalue weighted by Crippen LogP contribution is -2.21. The van der Waals surface area contributed by atoms with Crippen molar-refractivity contribution in [3.63, 3.8) is 0 Å². The highest BCUT2D eigenvalue weighted by molar-refractivity contribution is 7.26. The van der Waals surface area contributed by atoms with Crippen LogP contribution in [-0.4, -0.2) is 15.0 Å². The third-order valence-corrected chi connectivity index (χ3v) is 12.9. The second-order valence-corrected chi connectivity index (χ2v) is 16.2. The summed E-state index contributed by atoms with van der Waals surface area (Å²) in [7, 11) is 0. The maximum absolute atomic E-state index is 5.10. The summed E-state index contributed by atoms with van der Waals surface area (Å²) < 4.78 is 2.46. The van der Waals surface area contributed by atoms with Gasteiger partial charge in [-0.05, 0) is 74.7 Å². The van der Waals surface area contributed by atoms with Gasteiger partial charge in [-0.2, -0.15) is 0 Å². The third kappa shape index (κ3) is 4.70. The number of hydrogen-bond donors (Lipinski definition) is 0. The summed E-state index contributed by atoms with van der Waals surface area (Å²) in [6.45, 7) is 4.82. The van der Waals surface area contributed by atoms with Crippen LogP contribution in [-0.2, 0) is 11.8 Å². The zero-order chi connectivity index (χ0) is 36.0. The SMILES string of the molecule is CC1(C)c2ccccc2-c2ccc3c(c21)CC(c1ccc2sc4c(-c5nc(-c6ccccc6)nc(-c6ccccc6)n5)cccc4c2c1)c1ccccc1-3. The molecule has 0 N–H and O–H groups in total. The first-order valence-electron chi connectivity index (χ1n) is 18.7. The first-order valence-corrected chi connectivity index (χ1v) is 19.5. The molecule has 1 unspecified atom stereocenters. The van der Waals surface area contributed by atoms with Crippen LogP contribution in [0.4, 0.5) is 0 Å². The number of nitrogens with zero attached hydrogens (tertiary/aromatic N) is 3. The molecule has 256 valence electrons. The highest BCUT2D eigenvalue weighted by Gasteiger charge is 2.40. The van der Waals surface area contributed by atoms with Crippen molar-refractivity contribution in [2.24, 2.45) is 0 Å². The summed E-state index contributed by atoms with van der Waals surface area (Å²) in [5.74, 6) is 2.28. The quantitative estimate of drug-likeness (QED) is 0.183. The molecule has 11 rings (SSSR count). The Morgan fingerprint density at radius 3 is 1.91 bits per heavy atom. The molecule has 2 aromatic heterocycles. The molecule has 0 fully saturated rings. The molecular formula is C50H35N3S. The van der Waals surface area contributed by atoms with Crippen molar-refractivity contribution in [1.29, 1.82) is 0 Å². The van der Waals surface area contributed by atoms with Crippen LogP contribution in [0.1, 0.15) is 47.6 Å². The molecule has 2 aliphatic rings. The van der Waals surface area contributed by atoms with Crippen LogP contribution >= 0.6 is 11.3 Å². The summed E-state index contributed by atoms with van der Waals surface area (Å²) in [5, 5.41) is 2.52. The van der Waals surface area contributed by atoms with Crippen molar-refractivity contribution < 1.29 is 0 Å². The summed E-state index contributed by atoms with van der Waals surface area (Å²) >= 11 is 1.82. The molecule has 2 aliphatic carbocycles. The topological polar surface area (TPSA) is 38.7 Å². The van der Waals surface area contributed by atoms with Gasteiger partial charge < -0.3 is 0 Å². The fourth-order valence-corrected chi connectivity index (χ4v) is 10.4. The lowest BCUT2D eigenvalue weighted by atomic mass is 9.70. The number of hydrogen-bond acceptors (Lipinski definition) is 4. The van der Waals surface area contributed by atoms with Gasteiger partial charge in [0.25, 0.3) is 0 Å². The van der Waals surface area contributed by atoms with Crippen LogP contribution in [0.3, 0.4) is 0 Å². The Morgan fingerprint density at radius 2 is 1.15 bits per heavy atom. The molecule has 0 amide bonds. The van der Waals surface area contributed by atoms with E-state index in [4.69, 9.17) is 15.0 Å². The Balaban J connectivity index is 1.06. The second kappa shape index (κ2) is 11.9. The molecule has 0 bridgehead atoms. The molecule has 2 heterocycles. The molecule has 0 aliphatic heterocycles. The maximum Gasteiger partial charge on any atom is 0.165 e. The van der Waals surface area contributed by atoms with Crippen molar-refractivity contribution in [2.75, 3.05) is 0 Å². The van der Waals surface area contributed by atoms with E-state index in [-0.39, 0.29) is 11.3 Å². The zero-order valence-electron chi connectivity index (χ0n) is 30.0. The molecule has 1 atom stereocenters. The second-order valence-electron chi connectivity index (χ2n) is 15.1. The monoisotopic (exact) mass is 709 g/mol. The van der Waals surface area contributed by atoms with Gasteiger partial charge in [0.2, 0.25) is 0 Å². The van der Waals surface area contributed by atoms with Gasteiger partial charge >= 0.3 is 0 Å². The summed E-state index contributed by atoms with van der Waals surface area (Å²) in [5.41, 5.74) is 15.6. The van der Waals surface area contributed by atoms with Crippen molar-refractivity contribution in [2.45, 2.75) is 31.6 Å². The smallest absolute Gasteiger partial charge is 0.165 e. The van der Waals surface area contributed by atoms with Gasteiger partial charge in [-0.25, -0.2) is 15.0 Å². The van der Waals surface area contributed by atoms with Crippen LogP contribution in [0.15, 0.2) is 158 Å². The van der Waals surface area contributed by atoms with E-state index in [1.165, 1.54) is 70.2 Å². The maximum atomic E-state index is 5.10. The van der Waals surface area contributed by atoms with E-state index in [0.717, 1.165) is 23.1 Å². The molecule has 0 saturated carbocycles. The van der Waals surface area contributed by atoms with Gasteiger partial charge in [-0.3, -0.25) is 0 Å². The van der Waals surface area contributed by atoms with E-state index in [1.807, 2.05) is 47.7 Å². The van der Waals surface area contributed by atoms with Crippen molar-refractivity contribution in [3.8, 4) is 56.4 Å². The molecule has 0 spiro atoms. The summed E-state index contributed by atoms with van der Waals surface area (Å²) in [6, 6.07) is 57.0. The molecule has 9 aromatic rings. The summed E-state index contributed by atoms with van der Waals surface area (Å²) in [6.07, 6.45) is 0.973. The minimum absolute atomic E-state index is 0.0617. The van der Waals surface area contributed by atoms with Crippen LogP contribution in [0.25, 0.3) is 76.6 Å². The highest BCUT2D eigenvalue weighted by Crippen LogP contribution is 2.55. The van der Waals surface area contributed by atoms with Gasteiger partial charge in [-0.15, -0.1) is 11.3 Å². The lowest BCUT2D eigenvalue weighted by Gasteiger charge is -2.33. The normalized spacial score (nSPS) is 15.1. The molecule has 0 radical (unpaired) electrons.